The zero-order valence-electron chi connectivity index (χ0n) is 19.9. The number of nitrogens with zero attached hydrogens (tertiary/aromatic N) is 2. The van der Waals surface area contributed by atoms with E-state index in [2.05, 4.69) is 5.32 Å². The molecule has 0 saturated carbocycles. The van der Waals surface area contributed by atoms with E-state index in [1.165, 1.54) is 0 Å². The fourth-order valence-electron chi connectivity index (χ4n) is 4.58. The van der Waals surface area contributed by atoms with Crippen LogP contribution < -0.4 is 10.1 Å². The summed E-state index contributed by atoms with van der Waals surface area (Å²) < 4.78 is 35.3. The third-order valence-electron chi connectivity index (χ3n) is 6.40. The van der Waals surface area contributed by atoms with Crippen molar-refractivity contribution in [3.63, 3.8) is 0 Å². The minimum atomic E-state index is -3.50. The van der Waals surface area contributed by atoms with Crippen molar-refractivity contribution in [3.05, 3.63) is 60.3 Å². The average molecular weight is 484 g/mol. The molecular weight excluding hydrogens is 450 g/mol. The van der Waals surface area contributed by atoms with Crippen LogP contribution in [-0.4, -0.2) is 42.9 Å². The van der Waals surface area contributed by atoms with Crippen molar-refractivity contribution in [3.8, 4) is 5.75 Å². The molecule has 4 rings (SSSR count). The number of rotatable bonds is 9. The molecule has 1 fully saturated rings. The highest BCUT2D eigenvalue weighted by Crippen LogP contribution is 2.28. The first kappa shape index (κ1) is 24.3. The lowest BCUT2D eigenvalue weighted by Crippen LogP contribution is -2.35. The van der Waals surface area contributed by atoms with Crippen molar-refractivity contribution < 1.29 is 17.9 Å². The van der Waals surface area contributed by atoms with Gasteiger partial charge in [0.2, 0.25) is 15.9 Å². The van der Waals surface area contributed by atoms with Crippen LogP contribution in [0.25, 0.3) is 10.9 Å². The van der Waals surface area contributed by atoms with Crippen molar-refractivity contribution >= 4 is 26.8 Å². The van der Waals surface area contributed by atoms with Gasteiger partial charge in [0, 0.05) is 42.3 Å². The maximum absolute atomic E-state index is 13.1. The molecule has 1 aromatic heterocycles. The molecule has 0 unspecified atom stereocenters. The molecule has 1 aliphatic heterocycles. The third kappa shape index (κ3) is 4.98. The van der Waals surface area contributed by atoms with Crippen LogP contribution in [-0.2, 0) is 21.4 Å². The minimum absolute atomic E-state index is 0.0867. The van der Waals surface area contributed by atoms with E-state index < -0.39 is 16.1 Å². The van der Waals surface area contributed by atoms with E-state index in [1.807, 2.05) is 61.0 Å². The molecule has 1 aliphatic rings. The molecule has 0 spiro atoms. The molecule has 7 nitrogen and oxygen atoms in total. The van der Waals surface area contributed by atoms with Gasteiger partial charge in [-0.25, -0.2) is 8.42 Å². The van der Waals surface area contributed by atoms with E-state index in [4.69, 9.17) is 4.74 Å². The Balaban J connectivity index is 1.53. The third-order valence-corrected chi connectivity index (χ3v) is 8.29. The van der Waals surface area contributed by atoms with Gasteiger partial charge in [-0.1, -0.05) is 31.5 Å². The Labute approximate surface area is 201 Å². The molecule has 0 aliphatic carbocycles. The molecule has 2 aromatic carbocycles. The van der Waals surface area contributed by atoms with Crippen molar-refractivity contribution in [2.24, 2.45) is 0 Å². The largest absolute Gasteiger partial charge is 0.494 e. The van der Waals surface area contributed by atoms with E-state index in [0.717, 1.165) is 41.5 Å². The van der Waals surface area contributed by atoms with Crippen LogP contribution >= 0.6 is 0 Å². The molecule has 1 atom stereocenters. The summed E-state index contributed by atoms with van der Waals surface area (Å²) in [7, 11) is -3.50. The highest BCUT2D eigenvalue weighted by Gasteiger charge is 2.27. The van der Waals surface area contributed by atoms with Crippen LogP contribution in [0.2, 0.25) is 0 Å². The van der Waals surface area contributed by atoms with E-state index >= 15 is 0 Å². The maximum Gasteiger partial charge on any atom is 0.243 e. The van der Waals surface area contributed by atoms with Gasteiger partial charge in [0.15, 0.2) is 0 Å². The molecule has 1 amide bonds. The van der Waals surface area contributed by atoms with Crippen molar-refractivity contribution in [2.45, 2.75) is 57.0 Å². The van der Waals surface area contributed by atoms with Crippen LogP contribution in [0.4, 0.5) is 0 Å². The normalized spacial score (nSPS) is 15.8. The standard InChI is InChI=1S/C26H33N3O4S/c1-3-23(26(30)27-19-21-10-6-7-11-25(21)33-4-2)29-17-14-20-18-22(12-13-24(20)29)34(31,32)28-15-8-5-9-16-28/h6-7,10-14,17-18,23H,3-5,8-9,15-16,19H2,1-2H3,(H,27,30)/t23-/m1/s1. The molecule has 0 bridgehead atoms. The number of amides is 1. The Morgan fingerprint density at radius 3 is 2.56 bits per heavy atom. The Morgan fingerprint density at radius 1 is 1.06 bits per heavy atom. The summed E-state index contributed by atoms with van der Waals surface area (Å²) >= 11 is 0. The number of carbonyl (C=O) groups is 1. The van der Waals surface area contributed by atoms with Gasteiger partial charge in [-0.3, -0.25) is 4.79 Å². The second kappa shape index (κ2) is 10.6. The molecule has 1 N–H and O–H groups in total. The van der Waals surface area contributed by atoms with Gasteiger partial charge in [0.1, 0.15) is 11.8 Å². The first-order valence-corrected chi connectivity index (χ1v) is 13.5. The zero-order chi connectivity index (χ0) is 24.1. The smallest absolute Gasteiger partial charge is 0.243 e. The number of benzene rings is 2. The molecule has 2 heterocycles. The molecule has 3 aromatic rings. The number of para-hydroxylation sites is 1. The first-order chi connectivity index (χ1) is 16.5. The van der Waals surface area contributed by atoms with Crippen LogP contribution in [0.5, 0.6) is 5.75 Å². The molecule has 34 heavy (non-hydrogen) atoms. The predicted molar refractivity (Wildman–Crippen MR) is 133 cm³/mol. The van der Waals surface area contributed by atoms with E-state index in [-0.39, 0.29) is 5.91 Å². The highest BCUT2D eigenvalue weighted by molar-refractivity contribution is 7.89. The van der Waals surface area contributed by atoms with Crippen LogP contribution in [0.15, 0.2) is 59.6 Å². The second-order valence-corrected chi connectivity index (χ2v) is 10.5. The topological polar surface area (TPSA) is 80.6 Å². The summed E-state index contributed by atoms with van der Waals surface area (Å²) in [6, 6.07) is 14.4. The molecule has 8 heteroatoms. The van der Waals surface area contributed by atoms with Crippen molar-refractivity contribution in [2.75, 3.05) is 19.7 Å². The number of carbonyl (C=O) groups excluding carboxylic acids is 1. The Morgan fingerprint density at radius 2 is 1.82 bits per heavy atom. The summed E-state index contributed by atoms with van der Waals surface area (Å²) in [6.07, 6.45) is 5.35. The summed E-state index contributed by atoms with van der Waals surface area (Å²) in [4.78, 5) is 13.4. The number of nitrogens with one attached hydrogen (secondary N) is 1. The van der Waals surface area contributed by atoms with Crippen molar-refractivity contribution in [1.82, 2.24) is 14.2 Å². The predicted octanol–water partition coefficient (Wildman–Crippen LogP) is 4.48. The lowest BCUT2D eigenvalue weighted by molar-refractivity contribution is -0.124. The second-order valence-electron chi connectivity index (χ2n) is 8.59. The van der Waals surface area contributed by atoms with Crippen molar-refractivity contribution in [1.29, 1.82) is 0 Å². The molecular formula is C26H33N3O4S. The van der Waals surface area contributed by atoms with Gasteiger partial charge < -0.3 is 14.6 Å². The highest BCUT2D eigenvalue weighted by atomic mass is 32.2. The number of fused-ring (bicyclic) bond motifs is 1. The number of hydrogen-bond acceptors (Lipinski definition) is 4. The summed E-state index contributed by atoms with van der Waals surface area (Å²) in [5, 5.41) is 3.85. The fraction of sp³-hybridized carbons (Fsp3) is 0.423. The fourth-order valence-corrected chi connectivity index (χ4v) is 6.14. The number of sulfonamides is 1. The van der Waals surface area contributed by atoms with Crippen LogP contribution in [0.3, 0.4) is 0 Å². The maximum atomic E-state index is 13.1. The quantitative estimate of drug-likeness (QED) is 0.487. The minimum Gasteiger partial charge on any atom is -0.494 e. The number of hydrogen-bond donors (Lipinski definition) is 1. The van der Waals surface area contributed by atoms with E-state index in [1.54, 1.807) is 16.4 Å². The van der Waals surface area contributed by atoms with Crippen LogP contribution in [0, 0.1) is 0 Å². The van der Waals surface area contributed by atoms with Gasteiger partial charge in [-0.15, -0.1) is 0 Å². The lowest BCUT2D eigenvalue weighted by atomic mass is 10.1. The molecule has 182 valence electrons. The number of aromatic nitrogens is 1. The Hall–Kier alpha value is -2.84. The van der Waals surface area contributed by atoms with Gasteiger partial charge in [0.05, 0.1) is 11.5 Å². The number of piperidine rings is 1. The molecule has 1 saturated heterocycles. The average Bonchev–Trinajstić information content (AvgIpc) is 3.28. The lowest BCUT2D eigenvalue weighted by Gasteiger charge is -2.26. The monoisotopic (exact) mass is 483 g/mol. The zero-order valence-corrected chi connectivity index (χ0v) is 20.7. The summed E-state index contributed by atoms with van der Waals surface area (Å²) in [5.74, 6) is 0.684. The summed E-state index contributed by atoms with van der Waals surface area (Å²) in [6.45, 7) is 6.00. The first-order valence-electron chi connectivity index (χ1n) is 12.0. The van der Waals surface area contributed by atoms with Crippen LogP contribution in [0.1, 0.15) is 51.1 Å². The Bertz CT molecular complexity index is 1250. The summed E-state index contributed by atoms with van der Waals surface area (Å²) in [5.41, 5.74) is 1.77. The number of ether oxygens (including phenoxy) is 1. The van der Waals surface area contributed by atoms with E-state index in [0.29, 0.717) is 37.6 Å². The van der Waals surface area contributed by atoms with Gasteiger partial charge in [-0.05, 0) is 56.5 Å². The molecule has 0 radical (unpaired) electrons. The van der Waals surface area contributed by atoms with Gasteiger partial charge in [0.25, 0.3) is 0 Å². The van der Waals surface area contributed by atoms with E-state index in [9.17, 15) is 13.2 Å². The SMILES string of the molecule is CCOc1ccccc1CNC(=O)[C@@H](CC)n1ccc2cc(S(=O)(=O)N3CCCCC3)ccc21. The van der Waals surface area contributed by atoms with Gasteiger partial charge >= 0.3 is 0 Å². The van der Waals surface area contributed by atoms with Gasteiger partial charge in [-0.2, -0.15) is 4.31 Å². The Kier molecular flexibility index (Phi) is 7.58.